The maximum Gasteiger partial charge on any atom is 0.286 e. The van der Waals surface area contributed by atoms with Crippen LogP contribution in [0.1, 0.15) is 49.8 Å². The summed E-state index contributed by atoms with van der Waals surface area (Å²) in [7, 11) is 0. The van der Waals surface area contributed by atoms with E-state index in [2.05, 4.69) is 20.5 Å². The first-order chi connectivity index (χ1) is 19.1. The van der Waals surface area contributed by atoms with Gasteiger partial charge in [-0.1, -0.05) is 50.2 Å². The van der Waals surface area contributed by atoms with Crippen molar-refractivity contribution in [1.82, 2.24) is 25.1 Å². The van der Waals surface area contributed by atoms with E-state index in [0.717, 1.165) is 5.56 Å². The van der Waals surface area contributed by atoms with E-state index in [1.165, 1.54) is 16.8 Å². The van der Waals surface area contributed by atoms with Gasteiger partial charge in [-0.2, -0.15) is 0 Å². The highest BCUT2D eigenvalue weighted by Crippen LogP contribution is 2.39. The molecule has 11 nitrogen and oxygen atoms in total. The Bertz CT molecular complexity index is 1610. The second-order valence-corrected chi connectivity index (χ2v) is 10.3. The molecule has 0 radical (unpaired) electrons. The highest BCUT2D eigenvalue weighted by Gasteiger charge is 2.32. The van der Waals surface area contributed by atoms with Gasteiger partial charge in [0.2, 0.25) is 23.4 Å². The first-order valence-corrected chi connectivity index (χ1v) is 12.9. The molecule has 0 aliphatic carbocycles. The Morgan fingerprint density at radius 3 is 2.50 bits per heavy atom. The number of ketones is 1. The van der Waals surface area contributed by atoms with Gasteiger partial charge in [-0.05, 0) is 23.6 Å². The minimum Gasteiger partial charge on any atom is -0.449 e. The average Bonchev–Trinajstić information content (AvgIpc) is 3.50. The van der Waals surface area contributed by atoms with Crippen LogP contribution in [-0.4, -0.2) is 43.3 Å². The lowest BCUT2D eigenvalue weighted by atomic mass is 9.99. The van der Waals surface area contributed by atoms with Gasteiger partial charge in [0.15, 0.2) is 11.5 Å². The number of hydrogen-bond donors (Lipinski definition) is 1. The second kappa shape index (κ2) is 10.8. The van der Waals surface area contributed by atoms with Gasteiger partial charge in [0, 0.05) is 31.7 Å². The van der Waals surface area contributed by atoms with Gasteiger partial charge in [0.05, 0.1) is 12.5 Å². The number of carbonyl (C=O) groups is 2. The third-order valence-corrected chi connectivity index (χ3v) is 6.29. The zero-order valence-electron chi connectivity index (χ0n) is 22.6. The van der Waals surface area contributed by atoms with Crippen molar-refractivity contribution < 1.29 is 23.5 Å². The van der Waals surface area contributed by atoms with Gasteiger partial charge < -0.3 is 19.2 Å². The number of Topliss-reactive ketones (excluding diaryl/α,β-unsaturated/α-hetero) is 1. The summed E-state index contributed by atoms with van der Waals surface area (Å²) in [5.74, 6) is -0.427. The van der Waals surface area contributed by atoms with E-state index in [9.17, 15) is 14.4 Å². The van der Waals surface area contributed by atoms with Gasteiger partial charge in [-0.25, -0.2) is 4.98 Å². The molecule has 5 rings (SSSR count). The molecule has 0 saturated heterocycles. The van der Waals surface area contributed by atoms with E-state index >= 15 is 0 Å². The van der Waals surface area contributed by atoms with E-state index in [4.69, 9.17) is 13.9 Å². The minimum atomic E-state index is -0.943. The van der Waals surface area contributed by atoms with Crippen LogP contribution in [0.25, 0.3) is 11.4 Å². The van der Waals surface area contributed by atoms with E-state index in [1.807, 2.05) is 50.2 Å². The van der Waals surface area contributed by atoms with Crippen molar-refractivity contribution in [1.29, 1.82) is 0 Å². The summed E-state index contributed by atoms with van der Waals surface area (Å²) in [6, 6.07) is 14.9. The number of amides is 1. The molecule has 2 aromatic heterocycles. The number of nitrogens with one attached hydrogen (secondary N) is 1. The average molecular weight is 544 g/mol. The Labute approximate surface area is 230 Å². The summed E-state index contributed by atoms with van der Waals surface area (Å²) in [4.78, 5) is 43.2. The summed E-state index contributed by atoms with van der Waals surface area (Å²) in [5.41, 5.74) is 1.15. The Balaban J connectivity index is 1.28. The first-order valence-electron chi connectivity index (χ1n) is 12.9. The molecule has 1 N–H and O–H groups in total. The van der Waals surface area contributed by atoms with Gasteiger partial charge >= 0.3 is 0 Å². The minimum absolute atomic E-state index is 0.209. The molecular weight excluding hydrogens is 514 g/mol. The van der Waals surface area contributed by atoms with Crippen LogP contribution in [0, 0.1) is 5.92 Å². The molecule has 1 aliphatic rings. The summed E-state index contributed by atoms with van der Waals surface area (Å²) < 4.78 is 18.4. The number of hydrogen-bond acceptors (Lipinski definition) is 9. The first kappa shape index (κ1) is 26.8. The molecule has 0 bridgehead atoms. The van der Waals surface area contributed by atoms with Gasteiger partial charge in [0.1, 0.15) is 12.4 Å². The Morgan fingerprint density at radius 1 is 1.00 bits per heavy atom. The third-order valence-electron chi connectivity index (χ3n) is 6.29. The van der Waals surface area contributed by atoms with E-state index in [1.54, 1.807) is 26.0 Å². The third kappa shape index (κ3) is 5.78. The summed E-state index contributed by atoms with van der Waals surface area (Å²) in [5, 5.41) is 10.7. The van der Waals surface area contributed by atoms with Crippen LogP contribution in [0.15, 0.2) is 70.0 Å². The molecule has 0 fully saturated rings. The number of nitrogens with zero attached hydrogens (tertiary/aromatic N) is 4. The predicted molar refractivity (Wildman–Crippen MR) is 144 cm³/mol. The van der Waals surface area contributed by atoms with Gasteiger partial charge in [-0.3, -0.25) is 19.0 Å². The van der Waals surface area contributed by atoms with Crippen molar-refractivity contribution in [3.8, 4) is 22.9 Å². The fraction of sp³-hybridized carbons (Fsp3) is 0.310. The molecule has 3 heterocycles. The van der Waals surface area contributed by atoms with E-state index in [0.29, 0.717) is 22.9 Å². The molecule has 1 amide bonds. The molecule has 0 spiro atoms. The van der Waals surface area contributed by atoms with Gasteiger partial charge in [-0.15, -0.1) is 10.2 Å². The highest BCUT2D eigenvalue weighted by atomic mass is 16.7. The lowest BCUT2D eigenvalue weighted by molar-refractivity contribution is -0.122. The van der Waals surface area contributed by atoms with Crippen molar-refractivity contribution in [2.24, 2.45) is 5.92 Å². The van der Waals surface area contributed by atoms with Crippen molar-refractivity contribution in [2.45, 2.75) is 52.5 Å². The van der Waals surface area contributed by atoms with Crippen LogP contribution in [-0.2, 0) is 17.8 Å². The number of benzene rings is 2. The Morgan fingerprint density at radius 2 is 1.75 bits per heavy atom. The van der Waals surface area contributed by atoms with Crippen molar-refractivity contribution in [3.05, 3.63) is 88.5 Å². The van der Waals surface area contributed by atoms with Crippen LogP contribution < -0.4 is 20.3 Å². The molecule has 206 valence electrons. The number of ether oxygens (including phenoxy) is 2. The maximum atomic E-state index is 13.3. The molecular formula is C29H29N5O6. The van der Waals surface area contributed by atoms with Crippen molar-refractivity contribution in [3.63, 3.8) is 0 Å². The van der Waals surface area contributed by atoms with Crippen LogP contribution in [0.4, 0.5) is 0 Å². The standard InChI is InChI=1S/C29H29N5O6/c1-17(2)25(31-22(35)16-34-24(36)12-13-30-27(34)19-8-6-5-7-9-19)26(37)28-33-32-23(38-28)15-18-10-11-20-21(14-18)40-29(3,4)39-20/h5-14,17,25H,15-16H2,1-4H3,(H,31,35). The molecule has 1 unspecified atom stereocenters. The molecule has 11 heteroatoms. The topological polar surface area (TPSA) is 138 Å². The SMILES string of the molecule is CC(C)C(NC(=O)Cn1c(-c2ccccc2)nccc1=O)C(=O)c1nnc(Cc2ccc3c(c2)OC(C)(C)O3)o1. The van der Waals surface area contributed by atoms with Crippen molar-refractivity contribution >= 4 is 11.7 Å². The molecule has 1 aliphatic heterocycles. The largest absolute Gasteiger partial charge is 0.449 e. The number of carbonyl (C=O) groups excluding carboxylic acids is 2. The number of aromatic nitrogens is 4. The summed E-state index contributed by atoms with van der Waals surface area (Å²) >= 11 is 0. The van der Waals surface area contributed by atoms with Gasteiger partial charge in [0.25, 0.3) is 11.4 Å². The van der Waals surface area contributed by atoms with Crippen LogP contribution in [0.2, 0.25) is 0 Å². The summed E-state index contributed by atoms with van der Waals surface area (Å²) in [6.07, 6.45) is 1.68. The lowest BCUT2D eigenvalue weighted by Gasteiger charge is -2.20. The smallest absolute Gasteiger partial charge is 0.286 e. The molecule has 1 atom stereocenters. The highest BCUT2D eigenvalue weighted by molar-refractivity contribution is 5.98. The fourth-order valence-corrected chi connectivity index (χ4v) is 4.41. The summed E-state index contributed by atoms with van der Waals surface area (Å²) in [6.45, 7) is 6.91. The normalized spacial score (nSPS) is 14.2. The molecule has 0 saturated carbocycles. The van der Waals surface area contributed by atoms with Crippen LogP contribution in [0.5, 0.6) is 11.5 Å². The zero-order valence-corrected chi connectivity index (χ0v) is 22.6. The zero-order chi connectivity index (χ0) is 28.4. The van der Waals surface area contributed by atoms with Crippen molar-refractivity contribution in [2.75, 3.05) is 0 Å². The van der Waals surface area contributed by atoms with Crippen LogP contribution in [0.3, 0.4) is 0 Å². The quantitative estimate of drug-likeness (QED) is 0.315. The monoisotopic (exact) mass is 543 g/mol. The molecule has 40 heavy (non-hydrogen) atoms. The second-order valence-electron chi connectivity index (χ2n) is 10.3. The fourth-order valence-electron chi connectivity index (χ4n) is 4.41. The number of fused-ring (bicyclic) bond motifs is 1. The van der Waals surface area contributed by atoms with Crippen LogP contribution >= 0.6 is 0 Å². The Kier molecular flexibility index (Phi) is 7.20. The lowest BCUT2D eigenvalue weighted by Crippen LogP contribution is -2.46. The molecule has 2 aromatic carbocycles. The Hall–Kier alpha value is -4.80. The van der Waals surface area contributed by atoms with E-state index in [-0.39, 0.29) is 36.2 Å². The predicted octanol–water partition coefficient (Wildman–Crippen LogP) is 3.42. The maximum absolute atomic E-state index is 13.3. The van der Waals surface area contributed by atoms with E-state index < -0.39 is 23.5 Å². The molecule has 4 aromatic rings. The number of rotatable bonds is 9.